The molecule has 0 saturated heterocycles. The van der Waals surface area contributed by atoms with Crippen LogP contribution in [-0.2, 0) is 13.0 Å². The Labute approximate surface area is 124 Å². The smallest absolute Gasteiger partial charge is 0.0465 e. The molecule has 1 N–H and O–H groups in total. The third kappa shape index (κ3) is 4.24. The third-order valence-corrected chi connectivity index (χ3v) is 3.74. The van der Waals surface area contributed by atoms with Crippen molar-refractivity contribution in [1.82, 2.24) is 5.32 Å². The summed E-state index contributed by atoms with van der Waals surface area (Å²) in [5, 5.41) is 4.82. The first kappa shape index (κ1) is 14.4. The fraction of sp³-hybridized carbons (Fsp3) is 0.250. The van der Waals surface area contributed by atoms with Crippen LogP contribution in [0.25, 0.3) is 0 Å². The average molecular weight is 294 g/mol. The average Bonchev–Trinajstić information content (AvgIpc) is 2.37. The number of benzene rings is 2. The molecule has 0 aliphatic heterocycles. The molecule has 0 aliphatic rings. The standard InChI is InChI=1S/C16H17Cl2N/c1-12-4-2-5-13(10-12)8-9-19-11-14-15(17)6-3-7-16(14)18/h2-7,10,19H,8-9,11H2,1H3. The molecule has 0 unspecified atom stereocenters. The maximum Gasteiger partial charge on any atom is 0.0465 e. The third-order valence-electron chi connectivity index (χ3n) is 3.04. The van der Waals surface area contributed by atoms with E-state index < -0.39 is 0 Å². The maximum absolute atomic E-state index is 6.12. The molecule has 2 aromatic carbocycles. The lowest BCUT2D eigenvalue weighted by molar-refractivity contribution is 0.687. The Morgan fingerprint density at radius 1 is 1.00 bits per heavy atom. The van der Waals surface area contributed by atoms with Gasteiger partial charge in [0, 0.05) is 22.2 Å². The molecule has 2 rings (SSSR count). The minimum Gasteiger partial charge on any atom is -0.312 e. The first-order valence-corrected chi connectivity index (χ1v) is 7.11. The van der Waals surface area contributed by atoms with Crippen molar-refractivity contribution in [3.8, 4) is 0 Å². The predicted octanol–water partition coefficient (Wildman–Crippen LogP) is 4.63. The summed E-state index contributed by atoms with van der Waals surface area (Å²) >= 11 is 12.2. The topological polar surface area (TPSA) is 12.0 Å². The van der Waals surface area contributed by atoms with Gasteiger partial charge in [-0.3, -0.25) is 0 Å². The molecule has 0 saturated carbocycles. The van der Waals surface area contributed by atoms with Crippen LogP contribution in [0.4, 0.5) is 0 Å². The van der Waals surface area contributed by atoms with Gasteiger partial charge in [-0.05, 0) is 37.6 Å². The van der Waals surface area contributed by atoms with Crippen molar-refractivity contribution in [3.05, 3.63) is 69.2 Å². The van der Waals surface area contributed by atoms with E-state index in [4.69, 9.17) is 23.2 Å². The van der Waals surface area contributed by atoms with Gasteiger partial charge < -0.3 is 5.32 Å². The van der Waals surface area contributed by atoms with Crippen molar-refractivity contribution in [3.63, 3.8) is 0 Å². The van der Waals surface area contributed by atoms with E-state index in [2.05, 4.69) is 36.5 Å². The number of aryl methyl sites for hydroxylation is 1. The zero-order valence-corrected chi connectivity index (χ0v) is 12.4. The Hall–Kier alpha value is -1.02. The molecule has 100 valence electrons. The highest BCUT2D eigenvalue weighted by Crippen LogP contribution is 2.23. The van der Waals surface area contributed by atoms with Gasteiger partial charge in [-0.25, -0.2) is 0 Å². The van der Waals surface area contributed by atoms with Gasteiger partial charge in [-0.1, -0.05) is 59.1 Å². The highest BCUT2D eigenvalue weighted by atomic mass is 35.5. The molecule has 3 heteroatoms. The van der Waals surface area contributed by atoms with E-state index in [-0.39, 0.29) is 0 Å². The molecule has 0 spiro atoms. The number of halogens is 2. The fourth-order valence-electron chi connectivity index (χ4n) is 2.01. The lowest BCUT2D eigenvalue weighted by Crippen LogP contribution is -2.17. The predicted molar refractivity (Wildman–Crippen MR) is 83.1 cm³/mol. The van der Waals surface area contributed by atoms with Gasteiger partial charge in [-0.15, -0.1) is 0 Å². The van der Waals surface area contributed by atoms with Gasteiger partial charge in [0.2, 0.25) is 0 Å². The molecule has 19 heavy (non-hydrogen) atoms. The summed E-state index contributed by atoms with van der Waals surface area (Å²) in [6.07, 6.45) is 1.00. The maximum atomic E-state index is 6.12. The summed E-state index contributed by atoms with van der Waals surface area (Å²) in [4.78, 5) is 0. The molecule has 2 aromatic rings. The van der Waals surface area contributed by atoms with Gasteiger partial charge in [0.1, 0.15) is 0 Å². The SMILES string of the molecule is Cc1cccc(CCNCc2c(Cl)cccc2Cl)c1. The first-order chi connectivity index (χ1) is 9.16. The number of hydrogen-bond donors (Lipinski definition) is 1. The Kier molecular flexibility index (Phi) is 5.26. The van der Waals surface area contributed by atoms with Crippen LogP contribution in [0.15, 0.2) is 42.5 Å². The number of hydrogen-bond acceptors (Lipinski definition) is 1. The fourth-order valence-corrected chi connectivity index (χ4v) is 2.55. The van der Waals surface area contributed by atoms with Gasteiger partial charge in [0.05, 0.1) is 0 Å². The van der Waals surface area contributed by atoms with E-state index in [1.807, 2.05) is 18.2 Å². The van der Waals surface area contributed by atoms with Crippen LogP contribution < -0.4 is 5.32 Å². The summed E-state index contributed by atoms with van der Waals surface area (Å²) in [6.45, 7) is 3.72. The van der Waals surface area contributed by atoms with E-state index in [1.54, 1.807) is 0 Å². The summed E-state index contributed by atoms with van der Waals surface area (Å²) < 4.78 is 0. The minimum absolute atomic E-state index is 0.699. The lowest BCUT2D eigenvalue weighted by Gasteiger charge is -2.09. The second kappa shape index (κ2) is 6.95. The van der Waals surface area contributed by atoms with Gasteiger partial charge in [-0.2, -0.15) is 0 Å². The van der Waals surface area contributed by atoms with Crippen molar-refractivity contribution < 1.29 is 0 Å². The van der Waals surface area contributed by atoms with E-state index in [9.17, 15) is 0 Å². The van der Waals surface area contributed by atoms with E-state index >= 15 is 0 Å². The molecule has 0 heterocycles. The van der Waals surface area contributed by atoms with Gasteiger partial charge in [0.25, 0.3) is 0 Å². The molecule has 1 nitrogen and oxygen atoms in total. The zero-order chi connectivity index (χ0) is 13.7. The Bertz CT molecular complexity index is 532. The molecule has 0 fully saturated rings. The Morgan fingerprint density at radius 2 is 1.68 bits per heavy atom. The molecule has 0 bridgehead atoms. The van der Waals surface area contributed by atoms with Crippen LogP contribution in [0.5, 0.6) is 0 Å². The molecule has 0 atom stereocenters. The van der Waals surface area contributed by atoms with Gasteiger partial charge >= 0.3 is 0 Å². The summed E-state index contributed by atoms with van der Waals surface area (Å²) in [6, 6.07) is 14.2. The molecular formula is C16H17Cl2N. The second-order valence-electron chi connectivity index (χ2n) is 4.62. The van der Waals surface area contributed by atoms with E-state index in [1.165, 1.54) is 11.1 Å². The molecule has 0 radical (unpaired) electrons. The van der Waals surface area contributed by atoms with Crippen molar-refractivity contribution in [2.45, 2.75) is 19.9 Å². The zero-order valence-electron chi connectivity index (χ0n) is 10.9. The molecule has 0 aromatic heterocycles. The van der Waals surface area contributed by atoms with Crippen LogP contribution in [0.1, 0.15) is 16.7 Å². The lowest BCUT2D eigenvalue weighted by atomic mass is 10.1. The van der Waals surface area contributed by atoms with Crippen LogP contribution in [0, 0.1) is 6.92 Å². The van der Waals surface area contributed by atoms with E-state index in [0.29, 0.717) is 6.54 Å². The number of rotatable bonds is 5. The van der Waals surface area contributed by atoms with Crippen LogP contribution in [0.2, 0.25) is 10.0 Å². The highest BCUT2D eigenvalue weighted by molar-refractivity contribution is 6.35. The first-order valence-electron chi connectivity index (χ1n) is 6.36. The molecule has 0 amide bonds. The van der Waals surface area contributed by atoms with E-state index in [0.717, 1.165) is 28.6 Å². The quantitative estimate of drug-likeness (QED) is 0.792. The Balaban J connectivity index is 1.84. The van der Waals surface area contributed by atoms with Crippen molar-refractivity contribution >= 4 is 23.2 Å². The minimum atomic E-state index is 0.699. The molecular weight excluding hydrogens is 277 g/mol. The highest BCUT2D eigenvalue weighted by Gasteiger charge is 2.04. The number of nitrogens with one attached hydrogen (secondary N) is 1. The summed E-state index contributed by atoms with van der Waals surface area (Å²) in [5.74, 6) is 0. The van der Waals surface area contributed by atoms with Gasteiger partial charge in [0.15, 0.2) is 0 Å². The van der Waals surface area contributed by atoms with Crippen molar-refractivity contribution in [2.24, 2.45) is 0 Å². The molecule has 0 aliphatic carbocycles. The second-order valence-corrected chi connectivity index (χ2v) is 5.43. The van der Waals surface area contributed by atoms with Crippen LogP contribution in [0.3, 0.4) is 0 Å². The summed E-state index contributed by atoms with van der Waals surface area (Å²) in [5.41, 5.74) is 3.61. The Morgan fingerprint density at radius 3 is 2.37 bits per heavy atom. The largest absolute Gasteiger partial charge is 0.312 e. The van der Waals surface area contributed by atoms with Crippen LogP contribution in [-0.4, -0.2) is 6.54 Å². The normalized spacial score (nSPS) is 10.7. The summed E-state index contributed by atoms with van der Waals surface area (Å²) in [7, 11) is 0. The monoisotopic (exact) mass is 293 g/mol. The van der Waals surface area contributed by atoms with Crippen molar-refractivity contribution in [1.29, 1.82) is 0 Å². The van der Waals surface area contributed by atoms with Crippen molar-refractivity contribution in [2.75, 3.05) is 6.54 Å². The van der Waals surface area contributed by atoms with Crippen LogP contribution >= 0.6 is 23.2 Å².